The fourth-order valence-corrected chi connectivity index (χ4v) is 3.19. The Morgan fingerprint density at radius 1 is 1.21 bits per heavy atom. The molecule has 0 aliphatic heterocycles. The summed E-state index contributed by atoms with van der Waals surface area (Å²) >= 11 is 0. The van der Waals surface area contributed by atoms with E-state index in [1.54, 1.807) is 7.11 Å². The molecule has 3 heteroatoms. The first kappa shape index (κ1) is 14.2. The number of anilines is 1. The van der Waals surface area contributed by atoms with Crippen LogP contribution in [0.25, 0.3) is 0 Å². The molecule has 0 bridgehead atoms. The van der Waals surface area contributed by atoms with Gasteiger partial charge in [-0.1, -0.05) is 19.3 Å². The zero-order valence-corrected chi connectivity index (χ0v) is 12.1. The third-order valence-electron chi connectivity index (χ3n) is 4.41. The van der Waals surface area contributed by atoms with Crippen LogP contribution in [0.5, 0.6) is 5.75 Å². The van der Waals surface area contributed by atoms with E-state index in [1.165, 1.54) is 37.8 Å². The molecule has 19 heavy (non-hydrogen) atoms. The molecule has 1 fully saturated rings. The van der Waals surface area contributed by atoms with Crippen molar-refractivity contribution in [1.29, 1.82) is 0 Å². The van der Waals surface area contributed by atoms with Crippen LogP contribution in [0.2, 0.25) is 0 Å². The Bertz CT molecular complexity index is 371. The Morgan fingerprint density at radius 3 is 2.37 bits per heavy atom. The van der Waals surface area contributed by atoms with Crippen molar-refractivity contribution in [1.82, 2.24) is 0 Å². The van der Waals surface area contributed by atoms with Crippen LogP contribution in [-0.2, 0) is 0 Å². The number of hydrogen-bond acceptors (Lipinski definition) is 3. The molecule has 106 valence electrons. The van der Waals surface area contributed by atoms with Gasteiger partial charge < -0.3 is 15.4 Å². The summed E-state index contributed by atoms with van der Waals surface area (Å²) in [5, 5.41) is 0. The second kappa shape index (κ2) is 6.80. The quantitative estimate of drug-likeness (QED) is 0.886. The van der Waals surface area contributed by atoms with E-state index in [0.29, 0.717) is 6.04 Å². The maximum Gasteiger partial charge on any atom is 0.119 e. The lowest BCUT2D eigenvalue weighted by molar-refractivity contribution is 0.302. The highest BCUT2D eigenvalue weighted by atomic mass is 16.5. The lowest BCUT2D eigenvalue weighted by atomic mass is 9.83. The largest absolute Gasteiger partial charge is 0.497 e. The van der Waals surface area contributed by atoms with Crippen molar-refractivity contribution in [2.75, 3.05) is 25.6 Å². The number of hydrogen-bond donors (Lipinski definition) is 1. The molecular formula is C16H26N2O. The van der Waals surface area contributed by atoms with Crippen molar-refractivity contribution in [3.63, 3.8) is 0 Å². The molecule has 3 nitrogen and oxygen atoms in total. The molecule has 1 saturated carbocycles. The molecule has 2 N–H and O–H groups in total. The van der Waals surface area contributed by atoms with E-state index in [0.717, 1.165) is 18.2 Å². The fourth-order valence-electron chi connectivity index (χ4n) is 3.19. The minimum atomic E-state index is 0.452. The number of rotatable bonds is 5. The molecule has 0 aromatic heterocycles. The number of nitrogens with zero attached hydrogens (tertiary/aromatic N) is 1. The van der Waals surface area contributed by atoms with Crippen LogP contribution in [0.4, 0.5) is 5.69 Å². The fraction of sp³-hybridized carbons (Fsp3) is 0.625. The van der Waals surface area contributed by atoms with Gasteiger partial charge in [0.2, 0.25) is 0 Å². The summed E-state index contributed by atoms with van der Waals surface area (Å²) in [5.41, 5.74) is 7.26. The first-order valence-electron chi connectivity index (χ1n) is 7.33. The number of benzene rings is 1. The average Bonchev–Trinajstić information content (AvgIpc) is 2.49. The van der Waals surface area contributed by atoms with Crippen molar-refractivity contribution in [2.45, 2.75) is 38.1 Å². The van der Waals surface area contributed by atoms with Gasteiger partial charge >= 0.3 is 0 Å². The van der Waals surface area contributed by atoms with Crippen LogP contribution in [0.3, 0.4) is 0 Å². The van der Waals surface area contributed by atoms with Crippen LogP contribution in [0, 0.1) is 5.92 Å². The van der Waals surface area contributed by atoms with Gasteiger partial charge in [0.25, 0.3) is 0 Å². The van der Waals surface area contributed by atoms with E-state index < -0.39 is 0 Å². The standard InChI is InChI=1S/C16H26N2O/c1-18(14-8-10-15(19-2)11-9-14)16(12-17)13-6-4-3-5-7-13/h8-11,13,16H,3-7,12,17H2,1-2H3. The van der Waals surface area contributed by atoms with E-state index >= 15 is 0 Å². The Balaban J connectivity index is 2.07. The lowest BCUT2D eigenvalue weighted by Crippen LogP contribution is -2.44. The van der Waals surface area contributed by atoms with Gasteiger partial charge in [-0.25, -0.2) is 0 Å². The minimum Gasteiger partial charge on any atom is -0.497 e. The maximum atomic E-state index is 6.03. The molecule has 1 aromatic carbocycles. The summed E-state index contributed by atoms with van der Waals surface area (Å²) < 4.78 is 5.21. The van der Waals surface area contributed by atoms with E-state index in [1.807, 2.05) is 12.1 Å². The molecule has 0 heterocycles. The van der Waals surface area contributed by atoms with Crippen molar-refractivity contribution in [2.24, 2.45) is 11.7 Å². The Morgan fingerprint density at radius 2 is 1.84 bits per heavy atom. The molecule has 0 spiro atoms. The lowest BCUT2D eigenvalue weighted by Gasteiger charge is -2.37. The van der Waals surface area contributed by atoms with E-state index in [4.69, 9.17) is 10.5 Å². The second-order valence-corrected chi connectivity index (χ2v) is 5.51. The molecule has 1 unspecified atom stereocenters. The highest BCUT2D eigenvalue weighted by Gasteiger charge is 2.25. The Labute approximate surface area is 116 Å². The summed E-state index contributed by atoms with van der Waals surface area (Å²) in [6.45, 7) is 0.729. The predicted octanol–water partition coefficient (Wildman–Crippen LogP) is 3.04. The minimum absolute atomic E-state index is 0.452. The molecule has 0 radical (unpaired) electrons. The molecule has 1 aliphatic carbocycles. The van der Waals surface area contributed by atoms with Crippen molar-refractivity contribution in [3.8, 4) is 5.75 Å². The van der Waals surface area contributed by atoms with E-state index in [9.17, 15) is 0 Å². The molecule has 2 rings (SSSR count). The van der Waals surface area contributed by atoms with Crippen LogP contribution < -0.4 is 15.4 Å². The summed E-state index contributed by atoms with van der Waals surface area (Å²) in [4.78, 5) is 2.34. The first-order chi connectivity index (χ1) is 9.26. The second-order valence-electron chi connectivity index (χ2n) is 5.51. The monoisotopic (exact) mass is 262 g/mol. The zero-order chi connectivity index (χ0) is 13.7. The molecule has 1 aliphatic rings. The average molecular weight is 262 g/mol. The van der Waals surface area contributed by atoms with Gasteiger partial charge in [-0.3, -0.25) is 0 Å². The number of methoxy groups -OCH3 is 1. The predicted molar refractivity (Wildman–Crippen MR) is 80.8 cm³/mol. The SMILES string of the molecule is COc1ccc(N(C)C(CN)C2CCCCC2)cc1. The summed E-state index contributed by atoms with van der Waals surface area (Å²) in [6, 6.07) is 8.71. The Kier molecular flexibility index (Phi) is 5.08. The van der Waals surface area contributed by atoms with Gasteiger partial charge in [-0.05, 0) is 43.0 Å². The molecule has 1 aromatic rings. The summed E-state index contributed by atoms with van der Waals surface area (Å²) in [7, 11) is 3.86. The van der Waals surface area contributed by atoms with Gasteiger partial charge in [-0.15, -0.1) is 0 Å². The number of likely N-dealkylation sites (N-methyl/N-ethyl adjacent to an activating group) is 1. The van der Waals surface area contributed by atoms with Crippen molar-refractivity contribution >= 4 is 5.69 Å². The number of nitrogens with two attached hydrogens (primary N) is 1. The highest BCUT2D eigenvalue weighted by Crippen LogP contribution is 2.30. The first-order valence-corrected chi connectivity index (χ1v) is 7.33. The van der Waals surface area contributed by atoms with Crippen LogP contribution in [0.15, 0.2) is 24.3 Å². The maximum absolute atomic E-state index is 6.03. The van der Waals surface area contributed by atoms with Crippen molar-refractivity contribution in [3.05, 3.63) is 24.3 Å². The molecule has 0 saturated heterocycles. The van der Waals surface area contributed by atoms with Crippen LogP contribution >= 0.6 is 0 Å². The van der Waals surface area contributed by atoms with Crippen molar-refractivity contribution < 1.29 is 4.74 Å². The third kappa shape index (κ3) is 3.41. The van der Waals surface area contributed by atoms with Gasteiger partial charge in [0, 0.05) is 25.3 Å². The van der Waals surface area contributed by atoms with Gasteiger partial charge in [0.1, 0.15) is 5.75 Å². The summed E-state index contributed by atoms with van der Waals surface area (Å²) in [5.74, 6) is 1.64. The molecule has 0 amide bonds. The van der Waals surface area contributed by atoms with Gasteiger partial charge in [0.15, 0.2) is 0 Å². The summed E-state index contributed by atoms with van der Waals surface area (Å²) in [6.07, 6.45) is 6.75. The van der Waals surface area contributed by atoms with E-state index in [2.05, 4.69) is 24.1 Å². The number of ether oxygens (including phenoxy) is 1. The molecule has 1 atom stereocenters. The van der Waals surface area contributed by atoms with Crippen LogP contribution in [0.1, 0.15) is 32.1 Å². The third-order valence-corrected chi connectivity index (χ3v) is 4.41. The smallest absolute Gasteiger partial charge is 0.119 e. The van der Waals surface area contributed by atoms with E-state index in [-0.39, 0.29) is 0 Å². The molecular weight excluding hydrogens is 236 g/mol. The van der Waals surface area contributed by atoms with Crippen LogP contribution in [-0.4, -0.2) is 26.7 Å². The highest BCUT2D eigenvalue weighted by molar-refractivity contribution is 5.49. The normalized spacial score (nSPS) is 18.1. The Hall–Kier alpha value is -1.22. The topological polar surface area (TPSA) is 38.5 Å². The van der Waals surface area contributed by atoms with Gasteiger partial charge in [0.05, 0.1) is 7.11 Å². The zero-order valence-electron chi connectivity index (χ0n) is 12.1. The van der Waals surface area contributed by atoms with Gasteiger partial charge in [-0.2, -0.15) is 0 Å².